The van der Waals surface area contributed by atoms with E-state index in [1.165, 1.54) is 0 Å². The highest BCUT2D eigenvalue weighted by Crippen LogP contribution is 2.18. The van der Waals surface area contributed by atoms with Crippen LogP contribution >= 0.6 is 23.2 Å². The van der Waals surface area contributed by atoms with Crippen LogP contribution in [-0.4, -0.2) is 31.9 Å². The lowest BCUT2D eigenvalue weighted by Crippen LogP contribution is -2.42. The number of carbonyl (C=O) groups excluding carboxylic acids is 1. The highest BCUT2D eigenvalue weighted by molar-refractivity contribution is 6.31. The summed E-state index contributed by atoms with van der Waals surface area (Å²) in [6, 6.07) is 1.74. The number of hydrogen-bond acceptors (Lipinski definition) is 3. The van der Waals surface area contributed by atoms with E-state index in [4.69, 9.17) is 23.2 Å². The van der Waals surface area contributed by atoms with Gasteiger partial charge in [0.15, 0.2) is 5.65 Å². The molecule has 1 N–H and O–H groups in total. The van der Waals surface area contributed by atoms with Crippen molar-refractivity contribution in [3.63, 3.8) is 0 Å². The number of pyridine rings is 1. The number of nitrogens with zero attached hydrogens (tertiary/aromatic N) is 3. The number of nitrogens with one attached hydrogen (secondary N) is 1. The first-order valence-electron chi connectivity index (χ1n) is 6.68. The molecule has 0 unspecified atom stereocenters. The second-order valence-corrected chi connectivity index (χ2v) is 6.66. The maximum Gasteiger partial charge on any atom is 0.240 e. The molecule has 1 amide bonds. The van der Waals surface area contributed by atoms with Crippen LogP contribution < -0.4 is 5.32 Å². The molecule has 0 atom stereocenters. The zero-order chi connectivity index (χ0) is 15.6. The minimum atomic E-state index is -0.281. The number of alkyl halides is 1. The first-order valence-corrected chi connectivity index (χ1v) is 7.59. The van der Waals surface area contributed by atoms with E-state index in [0.717, 1.165) is 5.82 Å². The summed E-state index contributed by atoms with van der Waals surface area (Å²) in [5.74, 6) is 1.07. The van der Waals surface area contributed by atoms with Gasteiger partial charge in [0.05, 0.1) is 5.02 Å². The van der Waals surface area contributed by atoms with Crippen molar-refractivity contribution in [1.29, 1.82) is 0 Å². The Kier molecular flexibility index (Phi) is 4.74. The molecule has 0 bridgehead atoms. The third kappa shape index (κ3) is 4.08. The second-order valence-electron chi connectivity index (χ2n) is 5.85. The van der Waals surface area contributed by atoms with Gasteiger partial charge in [-0.15, -0.1) is 11.6 Å². The smallest absolute Gasteiger partial charge is 0.240 e. The minimum Gasteiger partial charge on any atom is -0.350 e. The molecule has 7 heteroatoms. The Hall–Kier alpha value is -1.33. The van der Waals surface area contributed by atoms with Crippen LogP contribution in [0.25, 0.3) is 11.2 Å². The van der Waals surface area contributed by atoms with Crippen molar-refractivity contribution in [2.45, 2.75) is 39.3 Å². The normalized spacial score (nSPS) is 11.9. The third-order valence-corrected chi connectivity index (χ3v) is 3.16. The van der Waals surface area contributed by atoms with Crippen LogP contribution in [0.3, 0.4) is 0 Å². The Balaban J connectivity index is 2.36. The molecule has 0 aliphatic heterocycles. The van der Waals surface area contributed by atoms with E-state index in [0.29, 0.717) is 28.5 Å². The summed E-state index contributed by atoms with van der Waals surface area (Å²) < 4.78 is 1.79. The fraction of sp³-hybridized carbons (Fsp3) is 0.500. The molecule has 2 aromatic rings. The number of carbonyl (C=O) groups is 1. The molecule has 2 rings (SSSR count). The molecule has 0 aliphatic carbocycles. The fourth-order valence-electron chi connectivity index (χ4n) is 2.08. The lowest BCUT2D eigenvalue weighted by atomic mass is 10.1. The highest BCUT2D eigenvalue weighted by Gasteiger charge is 2.18. The van der Waals surface area contributed by atoms with Crippen molar-refractivity contribution >= 4 is 40.3 Å². The zero-order valence-corrected chi connectivity index (χ0v) is 13.8. The van der Waals surface area contributed by atoms with Gasteiger partial charge >= 0.3 is 0 Å². The van der Waals surface area contributed by atoms with Gasteiger partial charge in [0.1, 0.15) is 17.9 Å². The monoisotopic (exact) mass is 328 g/mol. The van der Waals surface area contributed by atoms with E-state index in [1.807, 2.05) is 20.8 Å². The average molecular weight is 329 g/mol. The van der Waals surface area contributed by atoms with Gasteiger partial charge in [-0.3, -0.25) is 4.79 Å². The molecule has 0 aliphatic rings. The Morgan fingerprint density at radius 2 is 2.14 bits per heavy atom. The van der Waals surface area contributed by atoms with Gasteiger partial charge in [-0.25, -0.2) is 9.97 Å². The quantitative estimate of drug-likeness (QED) is 0.878. The van der Waals surface area contributed by atoms with Crippen LogP contribution in [0.15, 0.2) is 12.3 Å². The molecule has 5 nitrogen and oxygen atoms in total. The zero-order valence-electron chi connectivity index (χ0n) is 12.3. The maximum atomic E-state index is 12.1. The first-order chi connectivity index (χ1) is 9.80. The minimum absolute atomic E-state index is 0.0885. The predicted octanol–water partition coefficient (Wildman–Crippen LogP) is 2.78. The predicted molar refractivity (Wildman–Crippen MR) is 84.9 cm³/mol. The lowest BCUT2D eigenvalue weighted by molar-refractivity contribution is -0.123. The molecule has 0 aromatic carbocycles. The third-order valence-electron chi connectivity index (χ3n) is 2.76. The van der Waals surface area contributed by atoms with Crippen molar-refractivity contribution < 1.29 is 4.79 Å². The molecule has 0 saturated carbocycles. The van der Waals surface area contributed by atoms with Crippen molar-refractivity contribution in [2.24, 2.45) is 0 Å². The molecular formula is C14H18Cl2N4O. The number of hydrogen-bond donors (Lipinski definition) is 1. The molecule has 21 heavy (non-hydrogen) atoms. The van der Waals surface area contributed by atoms with E-state index in [1.54, 1.807) is 16.8 Å². The second kappa shape index (κ2) is 6.20. The van der Waals surface area contributed by atoms with Gasteiger partial charge < -0.3 is 9.88 Å². The van der Waals surface area contributed by atoms with E-state index in [-0.39, 0.29) is 18.0 Å². The van der Waals surface area contributed by atoms with Crippen LogP contribution in [0.2, 0.25) is 5.02 Å². The van der Waals surface area contributed by atoms with Crippen LogP contribution in [0.4, 0.5) is 0 Å². The number of aryl methyl sites for hydroxylation is 1. The van der Waals surface area contributed by atoms with E-state index >= 15 is 0 Å². The highest BCUT2D eigenvalue weighted by atomic mass is 35.5. The summed E-state index contributed by atoms with van der Waals surface area (Å²) in [5, 5.41) is 3.45. The Morgan fingerprint density at radius 3 is 2.76 bits per heavy atom. The van der Waals surface area contributed by atoms with Gasteiger partial charge in [0.25, 0.3) is 0 Å². The van der Waals surface area contributed by atoms with Crippen LogP contribution in [0.5, 0.6) is 0 Å². The van der Waals surface area contributed by atoms with Crippen LogP contribution in [0, 0.1) is 0 Å². The molecule has 0 saturated heterocycles. The van der Waals surface area contributed by atoms with Gasteiger partial charge in [0, 0.05) is 24.0 Å². The van der Waals surface area contributed by atoms with Crippen molar-refractivity contribution in [3.05, 3.63) is 23.1 Å². The Labute approximate surface area is 133 Å². The van der Waals surface area contributed by atoms with Crippen molar-refractivity contribution in [2.75, 3.05) is 5.88 Å². The summed E-state index contributed by atoms with van der Waals surface area (Å²) in [6.45, 7) is 5.98. The molecule has 0 radical (unpaired) electrons. The molecule has 114 valence electrons. The Bertz CT molecular complexity index is 661. The van der Waals surface area contributed by atoms with Crippen LogP contribution in [0.1, 0.15) is 26.6 Å². The molecule has 2 aromatic heterocycles. The lowest BCUT2D eigenvalue weighted by Gasteiger charge is -2.21. The molecular weight excluding hydrogens is 311 g/mol. The van der Waals surface area contributed by atoms with Gasteiger partial charge in [-0.1, -0.05) is 11.6 Å². The summed E-state index contributed by atoms with van der Waals surface area (Å²) >= 11 is 11.7. The van der Waals surface area contributed by atoms with Crippen molar-refractivity contribution in [1.82, 2.24) is 19.9 Å². The number of imidazole rings is 1. The van der Waals surface area contributed by atoms with Gasteiger partial charge in [-0.2, -0.15) is 0 Å². The van der Waals surface area contributed by atoms with Crippen LogP contribution in [-0.2, 0) is 17.8 Å². The van der Waals surface area contributed by atoms with Crippen molar-refractivity contribution in [3.8, 4) is 0 Å². The summed E-state index contributed by atoms with van der Waals surface area (Å²) in [4.78, 5) is 20.9. The molecule has 2 heterocycles. The number of amides is 1. The number of rotatable bonds is 4. The fourth-order valence-corrected chi connectivity index (χ4v) is 2.40. The standard InChI is InChI=1S/C14H18Cl2N4O/c1-14(2,3)19-12(21)8-20-11(4-5-15)18-10-6-9(16)7-17-13(10)20/h6-7H,4-5,8H2,1-3H3,(H,19,21). The first kappa shape index (κ1) is 16.0. The van der Waals surface area contributed by atoms with E-state index in [2.05, 4.69) is 15.3 Å². The average Bonchev–Trinajstić information content (AvgIpc) is 2.64. The summed E-state index contributed by atoms with van der Waals surface area (Å²) in [7, 11) is 0. The summed E-state index contributed by atoms with van der Waals surface area (Å²) in [6.07, 6.45) is 2.12. The number of fused-ring (bicyclic) bond motifs is 1. The SMILES string of the molecule is CC(C)(C)NC(=O)Cn1c(CCCl)nc2cc(Cl)cnc21. The van der Waals surface area contributed by atoms with E-state index in [9.17, 15) is 4.79 Å². The molecule has 0 spiro atoms. The number of halogens is 2. The summed E-state index contributed by atoms with van der Waals surface area (Å²) in [5.41, 5.74) is 1.03. The van der Waals surface area contributed by atoms with Gasteiger partial charge in [-0.05, 0) is 26.8 Å². The number of aromatic nitrogens is 3. The topological polar surface area (TPSA) is 59.8 Å². The Morgan fingerprint density at radius 1 is 1.43 bits per heavy atom. The maximum absolute atomic E-state index is 12.1. The molecule has 0 fully saturated rings. The van der Waals surface area contributed by atoms with E-state index < -0.39 is 0 Å². The van der Waals surface area contributed by atoms with Gasteiger partial charge in [0.2, 0.25) is 5.91 Å². The largest absolute Gasteiger partial charge is 0.350 e.